The van der Waals surface area contributed by atoms with Crippen molar-refractivity contribution in [2.75, 3.05) is 0 Å². The van der Waals surface area contributed by atoms with Gasteiger partial charge in [-0.05, 0) is 24.8 Å². The zero-order valence-electron chi connectivity index (χ0n) is 7.93. The van der Waals surface area contributed by atoms with Gasteiger partial charge in [-0.1, -0.05) is 0 Å². The molecule has 1 unspecified atom stereocenters. The lowest BCUT2D eigenvalue weighted by Crippen LogP contribution is -2.42. The maximum atomic E-state index is 11.5. The van der Waals surface area contributed by atoms with E-state index in [1.54, 1.807) is 0 Å². The number of aromatic amines is 1. The first-order chi connectivity index (χ1) is 7.18. The summed E-state index contributed by atoms with van der Waals surface area (Å²) >= 11 is 0. The number of hydrogen-bond donors (Lipinski definition) is 3. The van der Waals surface area contributed by atoms with Gasteiger partial charge >= 0.3 is 5.97 Å². The summed E-state index contributed by atoms with van der Waals surface area (Å²) < 4.78 is 0. The Morgan fingerprint density at radius 2 is 2.33 bits per heavy atom. The predicted octanol–water partition coefficient (Wildman–Crippen LogP) is 0.00270. The first kappa shape index (κ1) is 9.70. The Morgan fingerprint density at radius 1 is 1.60 bits per heavy atom. The Morgan fingerprint density at radius 3 is 2.80 bits per heavy atom. The smallest absolute Gasteiger partial charge is 0.326 e. The summed E-state index contributed by atoms with van der Waals surface area (Å²) in [7, 11) is 0. The van der Waals surface area contributed by atoms with Crippen LogP contribution in [0.4, 0.5) is 0 Å². The van der Waals surface area contributed by atoms with E-state index in [0.717, 1.165) is 12.8 Å². The molecule has 1 atom stereocenters. The van der Waals surface area contributed by atoms with Crippen LogP contribution >= 0.6 is 0 Å². The van der Waals surface area contributed by atoms with Gasteiger partial charge < -0.3 is 10.4 Å². The first-order valence-corrected chi connectivity index (χ1v) is 4.71. The van der Waals surface area contributed by atoms with Crippen molar-refractivity contribution >= 4 is 11.9 Å². The molecule has 0 spiro atoms. The van der Waals surface area contributed by atoms with Crippen molar-refractivity contribution in [1.29, 1.82) is 0 Å². The van der Waals surface area contributed by atoms with E-state index in [2.05, 4.69) is 15.5 Å². The number of aliphatic carboxylic acids is 1. The van der Waals surface area contributed by atoms with Crippen molar-refractivity contribution in [2.45, 2.75) is 18.9 Å². The van der Waals surface area contributed by atoms with Crippen LogP contribution in [0.15, 0.2) is 12.3 Å². The Kier molecular flexibility index (Phi) is 2.40. The SMILES string of the molecule is O=C(NC(C(=O)O)C1CC1)c1ccn[nH]1. The van der Waals surface area contributed by atoms with E-state index >= 15 is 0 Å². The minimum Gasteiger partial charge on any atom is -0.480 e. The van der Waals surface area contributed by atoms with Gasteiger partial charge in [0.25, 0.3) is 5.91 Å². The molecule has 1 amide bonds. The molecule has 0 bridgehead atoms. The van der Waals surface area contributed by atoms with Crippen molar-refractivity contribution in [2.24, 2.45) is 5.92 Å². The molecule has 3 N–H and O–H groups in total. The minimum atomic E-state index is -0.981. The predicted molar refractivity (Wildman–Crippen MR) is 50.2 cm³/mol. The number of carboxylic acid groups (broad SMARTS) is 1. The van der Waals surface area contributed by atoms with Gasteiger partial charge in [0, 0.05) is 6.20 Å². The number of rotatable bonds is 4. The van der Waals surface area contributed by atoms with Crippen LogP contribution in [0.25, 0.3) is 0 Å². The van der Waals surface area contributed by atoms with Gasteiger partial charge in [0.1, 0.15) is 11.7 Å². The van der Waals surface area contributed by atoms with E-state index < -0.39 is 17.9 Å². The van der Waals surface area contributed by atoms with Crippen molar-refractivity contribution in [3.8, 4) is 0 Å². The second-order valence-electron chi connectivity index (χ2n) is 3.60. The topological polar surface area (TPSA) is 95.1 Å². The van der Waals surface area contributed by atoms with E-state index in [9.17, 15) is 9.59 Å². The van der Waals surface area contributed by atoms with E-state index in [0.29, 0.717) is 0 Å². The number of H-pyrrole nitrogens is 1. The highest BCUT2D eigenvalue weighted by Crippen LogP contribution is 2.32. The van der Waals surface area contributed by atoms with Gasteiger partial charge in [-0.25, -0.2) is 4.79 Å². The average molecular weight is 209 g/mol. The molecule has 6 heteroatoms. The summed E-state index contributed by atoms with van der Waals surface area (Å²) in [5.41, 5.74) is 0.280. The Bertz CT molecular complexity index is 370. The van der Waals surface area contributed by atoms with Gasteiger partial charge in [0.15, 0.2) is 0 Å². The van der Waals surface area contributed by atoms with Crippen LogP contribution in [0.2, 0.25) is 0 Å². The van der Waals surface area contributed by atoms with Gasteiger partial charge in [-0.2, -0.15) is 5.10 Å². The monoisotopic (exact) mass is 209 g/mol. The van der Waals surface area contributed by atoms with E-state index in [-0.39, 0.29) is 11.6 Å². The number of nitrogens with one attached hydrogen (secondary N) is 2. The van der Waals surface area contributed by atoms with Gasteiger partial charge in [0.05, 0.1) is 0 Å². The molecule has 0 saturated heterocycles. The summed E-state index contributed by atoms with van der Waals surface area (Å²) in [6.45, 7) is 0. The van der Waals surface area contributed by atoms with Crippen LogP contribution in [0.3, 0.4) is 0 Å². The number of carbonyl (C=O) groups is 2. The molecule has 1 aromatic heterocycles. The quantitative estimate of drug-likeness (QED) is 0.650. The molecule has 1 aliphatic carbocycles. The molecular weight excluding hydrogens is 198 g/mol. The largest absolute Gasteiger partial charge is 0.480 e. The van der Waals surface area contributed by atoms with Crippen molar-refractivity contribution < 1.29 is 14.7 Å². The molecule has 1 aromatic rings. The highest BCUT2D eigenvalue weighted by Gasteiger charge is 2.37. The number of nitrogens with zero attached hydrogens (tertiary/aromatic N) is 1. The number of hydrogen-bond acceptors (Lipinski definition) is 3. The third-order valence-electron chi connectivity index (χ3n) is 2.39. The molecule has 1 fully saturated rings. The van der Waals surface area contributed by atoms with Gasteiger partial charge in [0.2, 0.25) is 0 Å². The molecule has 6 nitrogen and oxygen atoms in total. The second kappa shape index (κ2) is 3.72. The second-order valence-corrected chi connectivity index (χ2v) is 3.60. The van der Waals surface area contributed by atoms with E-state index in [1.807, 2.05) is 0 Å². The van der Waals surface area contributed by atoms with Crippen LogP contribution in [-0.2, 0) is 4.79 Å². The number of amides is 1. The lowest BCUT2D eigenvalue weighted by atomic mass is 10.2. The van der Waals surface area contributed by atoms with Crippen LogP contribution in [0, 0.1) is 5.92 Å². The Balaban J connectivity index is 2.00. The zero-order valence-corrected chi connectivity index (χ0v) is 7.93. The highest BCUT2D eigenvalue weighted by molar-refractivity contribution is 5.95. The maximum absolute atomic E-state index is 11.5. The highest BCUT2D eigenvalue weighted by atomic mass is 16.4. The average Bonchev–Trinajstić information content (AvgIpc) is 2.87. The van der Waals surface area contributed by atoms with Crippen molar-refractivity contribution in [1.82, 2.24) is 15.5 Å². The van der Waals surface area contributed by atoms with Crippen molar-refractivity contribution in [3.05, 3.63) is 18.0 Å². The summed E-state index contributed by atoms with van der Waals surface area (Å²) in [5, 5.41) is 17.5. The van der Waals surface area contributed by atoms with Crippen LogP contribution in [0.1, 0.15) is 23.3 Å². The van der Waals surface area contributed by atoms with Gasteiger partial charge in [-0.15, -0.1) is 0 Å². The molecule has 1 heterocycles. The minimum absolute atomic E-state index is 0.0781. The molecule has 0 aliphatic heterocycles. The maximum Gasteiger partial charge on any atom is 0.326 e. The molecule has 0 aromatic carbocycles. The summed E-state index contributed by atoms with van der Waals surface area (Å²) in [4.78, 5) is 22.4. The normalized spacial score (nSPS) is 17.1. The third kappa shape index (κ3) is 2.15. The van der Waals surface area contributed by atoms with Crippen molar-refractivity contribution in [3.63, 3.8) is 0 Å². The van der Waals surface area contributed by atoms with Crippen LogP contribution in [-0.4, -0.2) is 33.2 Å². The molecular formula is C9H11N3O3. The first-order valence-electron chi connectivity index (χ1n) is 4.71. The summed E-state index contributed by atoms with van der Waals surface area (Å²) in [6.07, 6.45) is 3.17. The Hall–Kier alpha value is -1.85. The summed E-state index contributed by atoms with van der Waals surface area (Å²) in [6, 6.07) is 0.724. The van der Waals surface area contributed by atoms with E-state index in [4.69, 9.17) is 5.11 Å². The molecule has 0 radical (unpaired) electrons. The van der Waals surface area contributed by atoms with E-state index in [1.165, 1.54) is 12.3 Å². The van der Waals surface area contributed by atoms with Crippen LogP contribution in [0.5, 0.6) is 0 Å². The molecule has 2 rings (SSSR count). The van der Waals surface area contributed by atoms with Gasteiger partial charge in [-0.3, -0.25) is 9.89 Å². The standard InChI is InChI=1S/C9H11N3O3/c13-8(6-3-4-10-12-6)11-7(9(14)15)5-1-2-5/h3-5,7H,1-2H2,(H,10,12)(H,11,13)(H,14,15). The zero-order chi connectivity index (χ0) is 10.8. The molecule has 15 heavy (non-hydrogen) atoms. The number of carboxylic acids is 1. The number of aromatic nitrogens is 2. The summed E-state index contributed by atoms with van der Waals surface area (Å²) in [5.74, 6) is -1.33. The fraction of sp³-hybridized carbons (Fsp3) is 0.444. The lowest BCUT2D eigenvalue weighted by Gasteiger charge is -2.12. The number of carbonyl (C=O) groups excluding carboxylic acids is 1. The molecule has 80 valence electrons. The third-order valence-corrected chi connectivity index (χ3v) is 2.39. The van der Waals surface area contributed by atoms with Crippen LogP contribution < -0.4 is 5.32 Å². The fourth-order valence-corrected chi connectivity index (χ4v) is 1.41. The fourth-order valence-electron chi connectivity index (χ4n) is 1.41. The Labute approximate surface area is 85.7 Å². The molecule has 1 saturated carbocycles. The lowest BCUT2D eigenvalue weighted by molar-refractivity contribution is -0.139. The molecule has 1 aliphatic rings.